The molecule has 1 aliphatic heterocycles. The normalized spacial score (nSPS) is 21.6. The Morgan fingerprint density at radius 3 is 2.52 bits per heavy atom. The number of aliphatic carboxylic acids is 1. The molecule has 2 rings (SSSR count). The molecule has 140 valence electrons. The minimum atomic E-state index is -4.54. The van der Waals surface area contributed by atoms with Crippen LogP contribution >= 0.6 is 0 Å². The largest absolute Gasteiger partial charge is 0.493 e. The number of halogens is 3. The highest BCUT2D eigenvalue weighted by Crippen LogP contribution is 2.39. The molecule has 0 unspecified atom stereocenters. The van der Waals surface area contributed by atoms with Gasteiger partial charge in [0.25, 0.3) is 0 Å². The minimum absolute atomic E-state index is 0.136. The molecule has 0 saturated carbocycles. The van der Waals surface area contributed by atoms with Crippen molar-refractivity contribution in [3.05, 3.63) is 23.8 Å². The summed E-state index contributed by atoms with van der Waals surface area (Å²) in [6, 6.07) is 5.19. The molecule has 0 spiro atoms. The Bertz CT molecular complexity index is 618. The van der Waals surface area contributed by atoms with E-state index in [0.717, 1.165) is 0 Å². The highest BCUT2D eigenvalue weighted by molar-refractivity contribution is 5.71. The van der Waals surface area contributed by atoms with Crippen molar-refractivity contribution in [1.29, 1.82) is 0 Å². The number of likely N-dealkylation sites (tertiary alicyclic amines) is 1. The van der Waals surface area contributed by atoms with Crippen LogP contribution < -0.4 is 9.47 Å². The molecular formula is C17H22F3NO4. The van der Waals surface area contributed by atoms with Crippen LogP contribution in [0.4, 0.5) is 13.2 Å². The van der Waals surface area contributed by atoms with Gasteiger partial charge in [-0.25, -0.2) is 0 Å². The maximum absolute atomic E-state index is 13.1. The number of methoxy groups -OCH3 is 1. The number of para-hydroxylation sites is 1. The molecule has 0 bridgehead atoms. The third kappa shape index (κ3) is 4.56. The van der Waals surface area contributed by atoms with Crippen LogP contribution in [0.5, 0.6) is 11.5 Å². The molecule has 0 aromatic heterocycles. The van der Waals surface area contributed by atoms with Crippen molar-refractivity contribution in [1.82, 2.24) is 4.90 Å². The molecule has 0 aliphatic carbocycles. The number of nitrogens with zero attached hydrogens (tertiary/aromatic N) is 1. The van der Waals surface area contributed by atoms with E-state index in [1.165, 1.54) is 12.0 Å². The SMILES string of the molecule is COc1cccc(CN2C[C@@H](C(F)(F)F)[C@H](C(=O)O)C2)c1OC(C)C. The lowest BCUT2D eigenvalue weighted by molar-refractivity contribution is -0.188. The molecule has 1 aromatic carbocycles. The van der Waals surface area contributed by atoms with Crippen molar-refractivity contribution in [2.75, 3.05) is 20.2 Å². The molecule has 0 amide bonds. The van der Waals surface area contributed by atoms with Gasteiger partial charge in [0.05, 0.1) is 25.0 Å². The lowest BCUT2D eigenvalue weighted by Crippen LogP contribution is -2.33. The minimum Gasteiger partial charge on any atom is -0.493 e. The Labute approximate surface area is 144 Å². The van der Waals surface area contributed by atoms with Crippen LogP contribution in [0.2, 0.25) is 0 Å². The molecular weight excluding hydrogens is 339 g/mol. The number of hydrogen-bond donors (Lipinski definition) is 1. The molecule has 1 saturated heterocycles. The van der Waals surface area contributed by atoms with Gasteiger partial charge in [-0.05, 0) is 19.9 Å². The van der Waals surface area contributed by atoms with Gasteiger partial charge in [-0.3, -0.25) is 9.69 Å². The number of benzene rings is 1. The zero-order valence-corrected chi connectivity index (χ0v) is 14.3. The van der Waals surface area contributed by atoms with Crippen LogP contribution in [0.3, 0.4) is 0 Å². The third-order valence-electron chi connectivity index (χ3n) is 4.16. The number of carboxylic acid groups (broad SMARTS) is 1. The first-order valence-electron chi connectivity index (χ1n) is 7.98. The highest BCUT2D eigenvalue weighted by atomic mass is 19.4. The number of ether oxygens (including phenoxy) is 2. The van der Waals surface area contributed by atoms with Crippen LogP contribution in [0.15, 0.2) is 18.2 Å². The van der Waals surface area contributed by atoms with Gasteiger partial charge in [0, 0.05) is 25.2 Å². The Morgan fingerprint density at radius 1 is 1.36 bits per heavy atom. The number of carbonyl (C=O) groups is 1. The Balaban J connectivity index is 2.24. The monoisotopic (exact) mass is 361 g/mol. The predicted molar refractivity (Wildman–Crippen MR) is 84.7 cm³/mol. The summed E-state index contributed by atoms with van der Waals surface area (Å²) in [5, 5.41) is 9.12. The predicted octanol–water partition coefficient (Wildman–Crippen LogP) is 3.18. The van der Waals surface area contributed by atoms with Crippen LogP contribution in [0.1, 0.15) is 19.4 Å². The standard InChI is InChI=1S/C17H22F3NO4/c1-10(2)25-15-11(5-4-6-14(15)24-3)7-21-8-12(16(22)23)13(9-21)17(18,19)20/h4-6,10,12-13H,7-9H2,1-3H3,(H,22,23)/t12-,13-/m1/s1. The quantitative estimate of drug-likeness (QED) is 0.843. The molecule has 2 atom stereocenters. The molecule has 8 heteroatoms. The average Bonchev–Trinajstić information content (AvgIpc) is 2.93. The maximum Gasteiger partial charge on any atom is 0.393 e. The van der Waals surface area contributed by atoms with Crippen molar-refractivity contribution < 1.29 is 32.5 Å². The van der Waals surface area contributed by atoms with Gasteiger partial charge in [-0.15, -0.1) is 0 Å². The van der Waals surface area contributed by atoms with Gasteiger partial charge in [-0.1, -0.05) is 12.1 Å². The summed E-state index contributed by atoms with van der Waals surface area (Å²) in [7, 11) is 1.49. The summed E-state index contributed by atoms with van der Waals surface area (Å²) in [5.74, 6) is -3.78. The summed E-state index contributed by atoms with van der Waals surface area (Å²) >= 11 is 0. The molecule has 25 heavy (non-hydrogen) atoms. The van der Waals surface area contributed by atoms with E-state index in [2.05, 4.69) is 0 Å². The number of rotatable bonds is 6. The Hall–Kier alpha value is -1.96. The third-order valence-corrected chi connectivity index (χ3v) is 4.16. The fourth-order valence-corrected chi connectivity index (χ4v) is 3.05. The van der Waals surface area contributed by atoms with Gasteiger partial charge in [-0.2, -0.15) is 13.2 Å². The van der Waals surface area contributed by atoms with Crippen LogP contribution in [-0.2, 0) is 11.3 Å². The second-order valence-corrected chi connectivity index (χ2v) is 6.40. The van der Waals surface area contributed by atoms with Crippen LogP contribution in [-0.4, -0.2) is 48.5 Å². The molecule has 1 heterocycles. The van der Waals surface area contributed by atoms with E-state index in [1.54, 1.807) is 18.2 Å². The maximum atomic E-state index is 13.1. The van der Waals surface area contributed by atoms with E-state index in [-0.39, 0.29) is 25.7 Å². The lowest BCUT2D eigenvalue weighted by Gasteiger charge is -2.21. The summed E-state index contributed by atoms with van der Waals surface area (Å²) in [5.41, 5.74) is 0.667. The van der Waals surface area contributed by atoms with Crippen molar-refractivity contribution in [3.63, 3.8) is 0 Å². The van der Waals surface area contributed by atoms with E-state index in [4.69, 9.17) is 14.6 Å². The van der Waals surface area contributed by atoms with Gasteiger partial charge >= 0.3 is 12.1 Å². The van der Waals surface area contributed by atoms with E-state index in [9.17, 15) is 18.0 Å². The van der Waals surface area contributed by atoms with E-state index < -0.39 is 24.0 Å². The molecule has 1 N–H and O–H groups in total. The first kappa shape index (κ1) is 19.4. The molecule has 1 fully saturated rings. The summed E-state index contributed by atoms with van der Waals surface area (Å²) in [4.78, 5) is 12.7. The fourth-order valence-electron chi connectivity index (χ4n) is 3.05. The van der Waals surface area contributed by atoms with Crippen molar-refractivity contribution in [2.45, 2.75) is 32.7 Å². The number of alkyl halides is 3. The first-order chi connectivity index (χ1) is 11.6. The summed E-state index contributed by atoms with van der Waals surface area (Å²) in [6.45, 7) is 3.34. The van der Waals surface area contributed by atoms with Gasteiger partial charge < -0.3 is 14.6 Å². The molecule has 5 nitrogen and oxygen atoms in total. The zero-order valence-electron chi connectivity index (χ0n) is 14.3. The first-order valence-corrected chi connectivity index (χ1v) is 7.98. The summed E-state index contributed by atoms with van der Waals surface area (Å²) < 4.78 is 50.4. The second kappa shape index (κ2) is 7.51. The molecule has 1 aromatic rings. The smallest absolute Gasteiger partial charge is 0.393 e. The topological polar surface area (TPSA) is 59.0 Å². The lowest BCUT2D eigenvalue weighted by atomic mass is 9.96. The van der Waals surface area contributed by atoms with Crippen molar-refractivity contribution in [2.24, 2.45) is 11.8 Å². The van der Waals surface area contributed by atoms with Crippen molar-refractivity contribution in [3.8, 4) is 11.5 Å². The Morgan fingerprint density at radius 2 is 2.04 bits per heavy atom. The van der Waals surface area contributed by atoms with Gasteiger partial charge in [0.1, 0.15) is 0 Å². The summed E-state index contributed by atoms with van der Waals surface area (Å²) in [6.07, 6.45) is -4.67. The van der Waals surface area contributed by atoms with E-state index >= 15 is 0 Å². The fraction of sp³-hybridized carbons (Fsp3) is 0.588. The van der Waals surface area contributed by atoms with Gasteiger partial charge in [0.15, 0.2) is 11.5 Å². The van der Waals surface area contributed by atoms with E-state index in [1.807, 2.05) is 13.8 Å². The van der Waals surface area contributed by atoms with Crippen molar-refractivity contribution >= 4 is 5.97 Å². The van der Waals surface area contributed by atoms with Gasteiger partial charge in [0.2, 0.25) is 0 Å². The second-order valence-electron chi connectivity index (χ2n) is 6.40. The zero-order chi connectivity index (χ0) is 18.8. The molecule has 1 aliphatic rings. The number of carboxylic acids is 1. The van der Waals surface area contributed by atoms with Crippen LogP contribution in [0.25, 0.3) is 0 Å². The molecule has 0 radical (unpaired) electrons. The van der Waals surface area contributed by atoms with Crippen LogP contribution in [0, 0.1) is 11.8 Å². The van der Waals surface area contributed by atoms with E-state index in [0.29, 0.717) is 17.1 Å². The average molecular weight is 361 g/mol. The highest BCUT2D eigenvalue weighted by Gasteiger charge is 2.52. The number of hydrogen-bond acceptors (Lipinski definition) is 4. The Kier molecular flexibility index (Phi) is 5.82.